The van der Waals surface area contributed by atoms with Crippen LogP contribution in [0.4, 0.5) is 0 Å². The second-order valence-electron chi connectivity index (χ2n) is 7.93. The quantitative estimate of drug-likeness (QED) is 0.833. The van der Waals surface area contributed by atoms with E-state index < -0.39 is 0 Å². The molecule has 2 heterocycles. The van der Waals surface area contributed by atoms with Gasteiger partial charge in [-0.05, 0) is 58.4 Å². The van der Waals surface area contributed by atoms with Crippen molar-refractivity contribution in [3.63, 3.8) is 0 Å². The lowest BCUT2D eigenvalue weighted by atomic mass is 10.0. The third kappa shape index (κ3) is 4.17. The number of hydrogen-bond acceptors (Lipinski definition) is 4. The number of likely N-dealkylation sites (tertiary alicyclic amines) is 1. The van der Waals surface area contributed by atoms with Gasteiger partial charge in [-0.1, -0.05) is 11.6 Å². The fourth-order valence-electron chi connectivity index (χ4n) is 4.20. The van der Waals surface area contributed by atoms with Crippen LogP contribution in [0.2, 0.25) is 0 Å². The van der Waals surface area contributed by atoms with Gasteiger partial charge in [-0.2, -0.15) is 0 Å². The molecule has 1 saturated heterocycles. The van der Waals surface area contributed by atoms with Gasteiger partial charge in [0.2, 0.25) is 5.91 Å². The molecule has 1 aliphatic rings. The number of rotatable bonds is 5. The molecule has 1 aromatic heterocycles. The lowest BCUT2D eigenvalue weighted by Gasteiger charge is -2.25. The van der Waals surface area contributed by atoms with Crippen LogP contribution in [0.3, 0.4) is 0 Å². The molecule has 0 radical (unpaired) electrons. The molecule has 0 spiro atoms. The van der Waals surface area contributed by atoms with Gasteiger partial charge in [-0.15, -0.1) is 0 Å². The topological polar surface area (TPSA) is 74.3 Å². The van der Waals surface area contributed by atoms with E-state index in [4.69, 9.17) is 0 Å². The van der Waals surface area contributed by atoms with Gasteiger partial charge >= 0.3 is 0 Å². The first-order chi connectivity index (χ1) is 13.3. The minimum Gasteiger partial charge on any atom is -0.359 e. The van der Waals surface area contributed by atoms with E-state index in [0.717, 1.165) is 40.6 Å². The van der Waals surface area contributed by atoms with Crippen LogP contribution < -0.4 is 10.6 Å². The SMILES string of the molecule is CNC(=O)C[C@H]1CC[C@@H](CNC(=O)c2cc(C)nc3c(C)cc(C)cc23)N1C. The van der Waals surface area contributed by atoms with Gasteiger partial charge in [0.1, 0.15) is 0 Å². The Hall–Kier alpha value is -2.47. The zero-order valence-electron chi connectivity index (χ0n) is 17.4. The summed E-state index contributed by atoms with van der Waals surface area (Å²) in [7, 11) is 3.70. The summed E-state index contributed by atoms with van der Waals surface area (Å²) in [6.45, 7) is 6.56. The Morgan fingerprint density at radius 3 is 2.57 bits per heavy atom. The van der Waals surface area contributed by atoms with Crippen molar-refractivity contribution in [2.24, 2.45) is 0 Å². The van der Waals surface area contributed by atoms with Crippen molar-refractivity contribution in [3.05, 3.63) is 40.6 Å². The number of pyridine rings is 1. The first-order valence-electron chi connectivity index (χ1n) is 9.89. The summed E-state index contributed by atoms with van der Waals surface area (Å²) >= 11 is 0. The summed E-state index contributed by atoms with van der Waals surface area (Å²) < 4.78 is 0. The van der Waals surface area contributed by atoms with Crippen molar-refractivity contribution in [1.82, 2.24) is 20.5 Å². The number of nitrogens with one attached hydrogen (secondary N) is 2. The van der Waals surface area contributed by atoms with Crippen LogP contribution in [0.5, 0.6) is 0 Å². The van der Waals surface area contributed by atoms with E-state index in [9.17, 15) is 9.59 Å². The molecule has 1 aromatic carbocycles. The standard InChI is InChI=1S/C22H30N4O2/c1-13-8-14(2)21-18(9-13)19(10-15(3)25-21)22(28)24-12-17-7-6-16(26(17)5)11-20(27)23-4/h8-10,16-17H,6-7,11-12H2,1-5H3,(H,23,27)(H,24,28)/t16-,17+/m1/s1. The Bertz CT molecular complexity index is 909. The van der Waals surface area contributed by atoms with E-state index in [0.29, 0.717) is 18.5 Å². The Balaban J connectivity index is 1.73. The number of benzene rings is 1. The molecule has 0 bridgehead atoms. The Morgan fingerprint density at radius 1 is 1.14 bits per heavy atom. The molecule has 6 nitrogen and oxygen atoms in total. The van der Waals surface area contributed by atoms with E-state index in [2.05, 4.69) is 26.6 Å². The molecule has 2 aromatic rings. The summed E-state index contributed by atoms with van der Waals surface area (Å²) in [5.74, 6) is -0.00495. The number of fused-ring (bicyclic) bond motifs is 1. The minimum absolute atomic E-state index is 0.0611. The molecule has 2 amide bonds. The van der Waals surface area contributed by atoms with Crippen molar-refractivity contribution in [3.8, 4) is 0 Å². The summed E-state index contributed by atoms with van der Waals surface area (Å²) in [6.07, 6.45) is 2.46. The average Bonchev–Trinajstić information content (AvgIpc) is 2.99. The molecule has 0 aliphatic carbocycles. The predicted octanol–water partition coefficient (Wildman–Crippen LogP) is 2.49. The van der Waals surface area contributed by atoms with Crippen LogP contribution >= 0.6 is 0 Å². The highest BCUT2D eigenvalue weighted by molar-refractivity contribution is 6.07. The number of aryl methyl sites for hydroxylation is 3. The molecule has 28 heavy (non-hydrogen) atoms. The molecule has 150 valence electrons. The maximum atomic E-state index is 13.0. The summed E-state index contributed by atoms with van der Waals surface area (Å²) in [5.41, 5.74) is 4.61. The number of likely N-dealkylation sites (N-methyl/N-ethyl adjacent to an activating group) is 1. The van der Waals surface area contributed by atoms with Crippen LogP contribution in [0.15, 0.2) is 18.2 Å². The average molecular weight is 383 g/mol. The largest absolute Gasteiger partial charge is 0.359 e. The lowest BCUT2D eigenvalue weighted by molar-refractivity contribution is -0.121. The number of hydrogen-bond donors (Lipinski definition) is 2. The lowest BCUT2D eigenvalue weighted by Crippen LogP contribution is -2.42. The van der Waals surface area contributed by atoms with Gasteiger partial charge in [0, 0.05) is 43.2 Å². The fraction of sp³-hybridized carbons (Fsp3) is 0.500. The maximum Gasteiger partial charge on any atom is 0.252 e. The van der Waals surface area contributed by atoms with E-state index in [1.165, 1.54) is 0 Å². The molecule has 0 unspecified atom stereocenters. The summed E-state index contributed by atoms with van der Waals surface area (Å²) in [4.78, 5) is 31.5. The number of amides is 2. The van der Waals surface area contributed by atoms with Crippen LogP contribution in [0, 0.1) is 20.8 Å². The van der Waals surface area contributed by atoms with Crippen LogP contribution in [0.1, 0.15) is 46.4 Å². The highest BCUT2D eigenvalue weighted by Crippen LogP contribution is 2.25. The van der Waals surface area contributed by atoms with Gasteiger partial charge in [-0.25, -0.2) is 0 Å². The predicted molar refractivity (Wildman–Crippen MR) is 112 cm³/mol. The number of carbonyl (C=O) groups is 2. The highest BCUT2D eigenvalue weighted by atomic mass is 16.2. The Kier molecular flexibility index (Phi) is 5.98. The molecule has 6 heteroatoms. The first kappa shape index (κ1) is 20.3. The molecule has 3 rings (SSSR count). The Morgan fingerprint density at radius 2 is 1.86 bits per heavy atom. The maximum absolute atomic E-state index is 13.0. The molecule has 2 atom stereocenters. The number of nitrogens with zero attached hydrogens (tertiary/aromatic N) is 2. The van der Waals surface area contributed by atoms with Crippen molar-refractivity contribution in [1.29, 1.82) is 0 Å². The van der Waals surface area contributed by atoms with E-state index in [-0.39, 0.29) is 23.9 Å². The van der Waals surface area contributed by atoms with Gasteiger partial charge in [0.05, 0.1) is 11.1 Å². The molecule has 2 N–H and O–H groups in total. The summed E-state index contributed by atoms with van der Waals surface area (Å²) in [6, 6.07) is 6.47. The van der Waals surface area contributed by atoms with Crippen molar-refractivity contribution in [2.45, 2.75) is 52.1 Å². The monoisotopic (exact) mass is 382 g/mol. The summed E-state index contributed by atoms with van der Waals surface area (Å²) in [5, 5.41) is 6.70. The van der Waals surface area contributed by atoms with Crippen molar-refractivity contribution >= 4 is 22.7 Å². The molecule has 1 aliphatic heterocycles. The molecule has 1 fully saturated rings. The third-order valence-corrected chi connectivity index (χ3v) is 5.80. The van der Waals surface area contributed by atoms with Crippen LogP contribution in [-0.4, -0.2) is 54.4 Å². The zero-order chi connectivity index (χ0) is 20.4. The van der Waals surface area contributed by atoms with Crippen LogP contribution in [-0.2, 0) is 4.79 Å². The normalized spacial score (nSPS) is 19.8. The van der Waals surface area contributed by atoms with E-state index in [1.807, 2.05) is 40.0 Å². The van der Waals surface area contributed by atoms with Crippen LogP contribution in [0.25, 0.3) is 10.9 Å². The minimum atomic E-state index is -0.0661. The van der Waals surface area contributed by atoms with Gasteiger partial charge in [0.15, 0.2) is 0 Å². The van der Waals surface area contributed by atoms with Crippen molar-refractivity contribution < 1.29 is 9.59 Å². The molecular weight excluding hydrogens is 352 g/mol. The molecular formula is C22H30N4O2. The first-order valence-corrected chi connectivity index (χ1v) is 9.89. The third-order valence-electron chi connectivity index (χ3n) is 5.80. The van der Waals surface area contributed by atoms with E-state index in [1.54, 1.807) is 7.05 Å². The number of aromatic nitrogens is 1. The van der Waals surface area contributed by atoms with Crippen molar-refractivity contribution in [2.75, 3.05) is 20.6 Å². The van der Waals surface area contributed by atoms with Gasteiger partial charge < -0.3 is 10.6 Å². The molecule has 0 saturated carbocycles. The Labute approximate surface area is 166 Å². The van der Waals surface area contributed by atoms with Gasteiger partial charge in [0.25, 0.3) is 5.91 Å². The highest BCUT2D eigenvalue weighted by Gasteiger charge is 2.31. The van der Waals surface area contributed by atoms with E-state index >= 15 is 0 Å². The number of carbonyl (C=O) groups excluding carboxylic acids is 2. The second-order valence-corrected chi connectivity index (χ2v) is 7.93. The fourth-order valence-corrected chi connectivity index (χ4v) is 4.20. The zero-order valence-corrected chi connectivity index (χ0v) is 17.4. The smallest absolute Gasteiger partial charge is 0.252 e. The second kappa shape index (κ2) is 8.27. The van der Waals surface area contributed by atoms with Gasteiger partial charge in [-0.3, -0.25) is 19.5 Å².